The highest BCUT2D eigenvalue weighted by Gasteiger charge is 2.08. The van der Waals surface area contributed by atoms with Crippen LogP contribution in [0.15, 0.2) is 28.7 Å². The van der Waals surface area contributed by atoms with E-state index in [1.807, 2.05) is 0 Å². The average molecular weight is 270 g/mol. The van der Waals surface area contributed by atoms with Crippen molar-refractivity contribution in [3.63, 3.8) is 0 Å². The molecule has 1 aromatic carbocycles. The molecule has 84 valence electrons. The van der Waals surface area contributed by atoms with Gasteiger partial charge in [-0.3, -0.25) is 0 Å². The lowest BCUT2D eigenvalue weighted by atomic mass is 10.0. The number of halogens is 1. The highest BCUT2D eigenvalue weighted by molar-refractivity contribution is 9.10. The summed E-state index contributed by atoms with van der Waals surface area (Å²) in [5, 5.41) is 3.59. The number of hydrogen-bond donors (Lipinski definition) is 1. The first-order valence-electron chi connectivity index (χ1n) is 5.62. The van der Waals surface area contributed by atoms with E-state index < -0.39 is 0 Å². The Morgan fingerprint density at radius 3 is 2.27 bits per heavy atom. The van der Waals surface area contributed by atoms with Crippen molar-refractivity contribution in [3.8, 4) is 0 Å². The van der Waals surface area contributed by atoms with Gasteiger partial charge in [0.05, 0.1) is 0 Å². The normalized spacial score (nSPS) is 13.1. The van der Waals surface area contributed by atoms with Crippen LogP contribution >= 0.6 is 15.9 Å². The summed E-state index contributed by atoms with van der Waals surface area (Å²) < 4.78 is 1.14. The molecule has 2 heteroatoms. The molecule has 0 fully saturated rings. The predicted molar refractivity (Wildman–Crippen MR) is 70.0 cm³/mol. The van der Waals surface area contributed by atoms with Gasteiger partial charge < -0.3 is 5.32 Å². The van der Waals surface area contributed by atoms with Gasteiger partial charge in [0, 0.05) is 10.5 Å². The number of rotatable bonds is 5. The van der Waals surface area contributed by atoms with E-state index in [1.54, 1.807) is 0 Å². The molecule has 0 saturated heterocycles. The first kappa shape index (κ1) is 12.7. The minimum atomic E-state index is 0.487. The molecule has 0 bridgehead atoms. The molecule has 0 saturated carbocycles. The maximum atomic E-state index is 3.59. The lowest BCUT2D eigenvalue weighted by Crippen LogP contribution is -2.24. The molecule has 1 atom stereocenters. The molecule has 0 radical (unpaired) electrons. The first-order valence-corrected chi connectivity index (χ1v) is 6.41. The van der Waals surface area contributed by atoms with E-state index in [0.717, 1.165) is 17.4 Å². The zero-order chi connectivity index (χ0) is 11.3. The lowest BCUT2D eigenvalue weighted by molar-refractivity contribution is 0.465. The van der Waals surface area contributed by atoms with Gasteiger partial charge in [-0.05, 0) is 36.6 Å². The summed E-state index contributed by atoms with van der Waals surface area (Å²) >= 11 is 3.46. The third-order valence-corrected chi connectivity index (χ3v) is 2.98. The summed E-state index contributed by atoms with van der Waals surface area (Å²) in [5.74, 6) is 0.703. The van der Waals surface area contributed by atoms with Crippen LogP contribution in [-0.4, -0.2) is 6.54 Å². The van der Waals surface area contributed by atoms with Crippen molar-refractivity contribution in [2.45, 2.75) is 33.2 Å². The van der Waals surface area contributed by atoms with Crippen LogP contribution in [0.25, 0.3) is 0 Å². The monoisotopic (exact) mass is 269 g/mol. The molecule has 1 nitrogen and oxygen atoms in total. The van der Waals surface area contributed by atoms with E-state index in [2.05, 4.69) is 66.3 Å². The number of hydrogen-bond acceptors (Lipinski definition) is 1. The fourth-order valence-corrected chi connectivity index (χ4v) is 1.84. The first-order chi connectivity index (χ1) is 7.13. The van der Waals surface area contributed by atoms with Gasteiger partial charge in [0.15, 0.2) is 0 Å². The Hall–Kier alpha value is -0.340. The van der Waals surface area contributed by atoms with Crippen molar-refractivity contribution >= 4 is 15.9 Å². The van der Waals surface area contributed by atoms with Crippen molar-refractivity contribution < 1.29 is 0 Å². The molecular formula is C13H20BrN. The summed E-state index contributed by atoms with van der Waals surface area (Å²) in [6.07, 6.45) is 1.13. The van der Waals surface area contributed by atoms with Crippen molar-refractivity contribution in [3.05, 3.63) is 34.3 Å². The van der Waals surface area contributed by atoms with Crippen LogP contribution in [0.1, 0.15) is 38.8 Å². The maximum absolute atomic E-state index is 3.59. The van der Waals surface area contributed by atoms with Crippen LogP contribution in [0.2, 0.25) is 0 Å². The summed E-state index contributed by atoms with van der Waals surface area (Å²) in [7, 11) is 0. The third kappa shape index (κ3) is 4.35. The highest BCUT2D eigenvalue weighted by Crippen LogP contribution is 2.19. The highest BCUT2D eigenvalue weighted by atomic mass is 79.9. The van der Waals surface area contributed by atoms with Crippen LogP contribution in [0.3, 0.4) is 0 Å². The minimum Gasteiger partial charge on any atom is -0.310 e. The summed E-state index contributed by atoms with van der Waals surface area (Å²) in [6.45, 7) is 7.78. The Kier molecular flexibility index (Phi) is 5.34. The maximum Gasteiger partial charge on any atom is 0.0317 e. The SMILES string of the molecule is CCC(NCC(C)C)c1ccc(Br)cc1. The second-order valence-electron chi connectivity index (χ2n) is 4.31. The lowest BCUT2D eigenvalue weighted by Gasteiger charge is -2.18. The van der Waals surface area contributed by atoms with Crippen molar-refractivity contribution in [1.82, 2.24) is 5.32 Å². The van der Waals surface area contributed by atoms with Crippen LogP contribution in [0, 0.1) is 5.92 Å². The fraction of sp³-hybridized carbons (Fsp3) is 0.538. The fourth-order valence-electron chi connectivity index (χ4n) is 1.57. The van der Waals surface area contributed by atoms with Crippen LogP contribution in [0.5, 0.6) is 0 Å². The van der Waals surface area contributed by atoms with Crippen molar-refractivity contribution in [2.24, 2.45) is 5.92 Å². The molecule has 1 aromatic rings. The molecule has 0 amide bonds. The Labute approximate surface area is 101 Å². The molecule has 1 N–H and O–H groups in total. The summed E-state index contributed by atoms with van der Waals surface area (Å²) in [5.41, 5.74) is 1.38. The second-order valence-corrected chi connectivity index (χ2v) is 5.23. The molecule has 1 rings (SSSR count). The quantitative estimate of drug-likeness (QED) is 0.847. The van der Waals surface area contributed by atoms with Gasteiger partial charge in [-0.2, -0.15) is 0 Å². The Bertz CT molecular complexity index is 279. The van der Waals surface area contributed by atoms with Crippen molar-refractivity contribution in [2.75, 3.05) is 6.54 Å². The molecule has 0 aromatic heterocycles. The predicted octanol–water partition coefficient (Wildman–Crippen LogP) is 4.15. The molecule has 0 aliphatic heterocycles. The van der Waals surface area contributed by atoms with Crippen molar-refractivity contribution in [1.29, 1.82) is 0 Å². The smallest absolute Gasteiger partial charge is 0.0317 e. The Balaban J connectivity index is 2.61. The number of nitrogens with one attached hydrogen (secondary N) is 1. The number of benzene rings is 1. The second kappa shape index (κ2) is 6.29. The van der Waals surface area contributed by atoms with Gasteiger partial charge in [0.25, 0.3) is 0 Å². The van der Waals surface area contributed by atoms with E-state index in [9.17, 15) is 0 Å². The molecule has 0 heterocycles. The van der Waals surface area contributed by atoms with Gasteiger partial charge >= 0.3 is 0 Å². The topological polar surface area (TPSA) is 12.0 Å². The largest absolute Gasteiger partial charge is 0.310 e. The molecule has 0 aliphatic carbocycles. The van der Waals surface area contributed by atoms with Gasteiger partial charge in [0.1, 0.15) is 0 Å². The van der Waals surface area contributed by atoms with E-state index in [4.69, 9.17) is 0 Å². The van der Waals surface area contributed by atoms with Gasteiger partial charge in [-0.1, -0.05) is 48.8 Å². The molecule has 15 heavy (non-hydrogen) atoms. The van der Waals surface area contributed by atoms with Gasteiger partial charge in [-0.25, -0.2) is 0 Å². The van der Waals surface area contributed by atoms with Crippen LogP contribution in [0.4, 0.5) is 0 Å². The summed E-state index contributed by atoms with van der Waals surface area (Å²) in [4.78, 5) is 0. The standard InChI is InChI=1S/C13H20BrN/c1-4-13(15-9-10(2)3)11-5-7-12(14)8-6-11/h5-8,10,13,15H,4,9H2,1-3H3. The van der Waals surface area contributed by atoms with Crippen LogP contribution < -0.4 is 5.32 Å². The van der Waals surface area contributed by atoms with E-state index in [-0.39, 0.29) is 0 Å². The summed E-state index contributed by atoms with van der Waals surface area (Å²) in [6, 6.07) is 9.07. The molecule has 1 unspecified atom stereocenters. The average Bonchev–Trinajstić information content (AvgIpc) is 2.21. The molecular weight excluding hydrogens is 250 g/mol. The minimum absolute atomic E-state index is 0.487. The van der Waals surface area contributed by atoms with E-state index >= 15 is 0 Å². The zero-order valence-electron chi connectivity index (χ0n) is 9.76. The molecule has 0 spiro atoms. The van der Waals surface area contributed by atoms with E-state index in [1.165, 1.54) is 5.56 Å². The Morgan fingerprint density at radius 1 is 1.20 bits per heavy atom. The Morgan fingerprint density at radius 2 is 1.80 bits per heavy atom. The van der Waals surface area contributed by atoms with E-state index in [0.29, 0.717) is 12.0 Å². The third-order valence-electron chi connectivity index (χ3n) is 2.45. The zero-order valence-corrected chi connectivity index (χ0v) is 11.3. The van der Waals surface area contributed by atoms with Crippen LogP contribution in [-0.2, 0) is 0 Å². The van der Waals surface area contributed by atoms with Gasteiger partial charge in [0.2, 0.25) is 0 Å². The molecule has 0 aliphatic rings. The van der Waals surface area contributed by atoms with Gasteiger partial charge in [-0.15, -0.1) is 0 Å².